The third-order valence-electron chi connectivity index (χ3n) is 14.6. The first-order valence-corrected chi connectivity index (χ1v) is 18.8. The molecule has 0 aromatic carbocycles. The summed E-state index contributed by atoms with van der Waals surface area (Å²) in [5, 5.41) is 67.9. The van der Waals surface area contributed by atoms with Gasteiger partial charge in [0.15, 0.2) is 12.6 Å². The second-order valence-electron chi connectivity index (χ2n) is 16.7. The number of hydrogen-bond donors (Lipinski definition) is 6. The van der Waals surface area contributed by atoms with E-state index >= 15 is 0 Å². The van der Waals surface area contributed by atoms with Crippen LogP contribution in [0.3, 0.4) is 0 Å². The summed E-state index contributed by atoms with van der Waals surface area (Å²) in [5.41, 5.74) is -3.20. The second kappa shape index (κ2) is 14.2. The topological polar surface area (TPSA) is 220 Å². The molecule has 0 radical (unpaired) electrons. The molecule has 15 heteroatoms. The maximum absolute atomic E-state index is 13.2. The Hall–Kier alpha value is -1.60. The Morgan fingerprint density at radius 3 is 2.27 bits per heavy atom. The number of ether oxygens (including phenoxy) is 7. The van der Waals surface area contributed by atoms with Gasteiger partial charge in [0.25, 0.3) is 0 Å². The first-order valence-electron chi connectivity index (χ1n) is 18.8. The average molecular weight is 741 g/mol. The number of esters is 1. The van der Waals surface area contributed by atoms with Crippen LogP contribution in [0.1, 0.15) is 71.6 Å². The SMILES string of the molecule is CO[C@@H]1[C@@H](O)[C@H](C)O[C@@H](OC[C@@H]2O[C@H](O[C@H]3CC[C@@]4(C=O)[C@@H]5CC[C@@]6(C)[C@H](C7=CC(=O)OC7)CC[C@]6(O)[C@H]5CC[C@@]4(O)C3)[C@@H](O)[C@H](O)[C@H]2O)[C@@H]1OC. The molecule has 0 aromatic heterocycles. The van der Waals surface area contributed by atoms with Crippen LogP contribution < -0.4 is 0 Å². The maximum atomic E-state index is 13.2. The summed E-state index contributed by atoms with van der Waals surface area (Å²) in [5.74, 6) is -0.820. The molecule has 0 unspecified atom stereocenters. The van der Waals surface area contributed by atoms with Crippen LogP contribution in [0.25, 0.3) is 0 Å². The number of aliphatic hydroxyl groups is 6. The summed E-state index contributed by atoms with van der Waals surface area (Å²) in [6, 6.07) is 0. The minimum absolute atomic E-state index is 0.00220. The van der Waals surface area contributed by atoms with Crippen LogP contribution in [0, 0.1) is 28.6 Å². The van der Waals surface area contributed by atoms with E-state index in [0.717, 1.165) is 18.3 Å². The summed E-state index contributed by atoms with van der Waals surface area (Å²) in [6.07, 6.45) is -5.65. The van der Waals surface area contributed by atoms with Gasteiger partial charge >= 0.3 is 5.97 Å². The number of rotatable bonds is 9. The third kappa shape index (κ3) is 5.84. The summed E-state index contributed by atoms with van der Waals surface area (Å²) >= 11 is 0. The van der Waals surface area contributed by atoms with E-state index < -0.39 is 89.5 Å². The molecule has 0 amide bonds. The van der Waals surface area contributed by atoms with Crippen LogP contribution in [-0.4, -0.2) is 149 Å². The quantitative estimate of drug-likeness (QED) is 0.103. The zero-order valence-electron chi connectivity index (χ0n) is 30.4. The van der Waals surface area contributed by atoms with Gasteiger partial charge in [0.05, 0.1) is 35.4 Å². The minimum Gasteiger partial charge on any atom is -0.458 e. The van der Waals surface area contributed by atoms with Gasteiger partial charge in [-0.05, 0) is 81.6 Å². The Morgan fingerprint density at radius 1 is 0.865 bits per heavy atom. The summed E-state index contributed by atoms with van der Waals surface area (Å²) in [7, 11) is 2.86. The molecule has 6 fully saturated rings. The Labute approximate surface area is 303 Å². The van der Waals surface area contributed by atoms with Gasteiger partial charge in [0.1, 0.15) is 55.6 Å². The largest absolute Gasteiger partial charge is 0.458 e. The molecule has 4 aliphatic carbocycles. The molecule has 0 aromatic rings. The lowest BCUT2D eigenvalue weighted by Crippen LogP contribution is -2.69. The van der Waals surface area contributed by atoms with Crippen LogP contribution in [0.5, 0.6) is 0 Å². The van der Waals surface area contributed by atoms with E-state index in [1.54, 1.807) is 13.0 Å². The van der Waals surface area contributed by atoms with E-state index in [0.29, 0.717) is 38.5 Å². The molecule has 6 N–H and O–H groups in total. The van der Waals surface area contributed by atoms with Crippen molar-refractivity contribution in [1.29, 1.82) is 0 Å². The summed E-state index contributed by atoms with van der Waals surface area (Å²) < 4.78 is 40.1. The molecule has 7 rings (SSSR count). The van der Waals surface area contributed by atoms with Crippen molar-refractivity contribution >= 4 is 12.3 Å². The number of aldehydes is 1. The minimum atomic E-state index is -1.64. The number of cyclic esters (lactones) is 1. The fraction of sp³-hybridized carbons (Fsp3) is 0.892. The van der Waals surface area contributed by atoms with E-state index in [4.69, 9.17) is 33.2 Å². The first kappa shape index (κ1) is 38.7. The van der Waals surface area contributed by atoms with Gasteiger partial charge in [0.2, 0.25) is 0 Å². The number of methoxy groups -OCH3 is 2. The standard InChI is InChI=1S/C37H56O15/c1-18-26(40)30(46-3)31(47-4)33(50-18)49-16-24-27(41)28(42)29(43)32(52-24)51-20-5-10-35(17-38)22-6-9-34(2)21(19-13-25(39)48-15-19)8-12-37(34,45)23(22)7-11-36(35,44)14-20/h13,17-18,20-24,26-33,40-45H,5-12,14-16H2,1-4H3/t18-,20-,21-,22+,23-,24-,26-,27-,28+,29-,30+,31+,32-,33+,34-,35+,36+,37-/m0/s1. The molecule has 2 saturated heterocycles. The van der Waals surface area contributed by atoms with Gasteiger partial charge in [-0.15, -0.1) is 0 Å². The highest BCUT2D eigenvalue weighted by Gasteiger charge is 2.71. The van der Waals surface area contributed by atoms with Crippen molar-refractivity contribution in [3.05, 3.63) is 11.6 Å². The monoisotopic (exact) mass is 740 g/mol. The van der Waals surface area contributed by atoms with Gasteiger partial charge < -0.3 is 68.6 Å². The van der Waals surface area contributed by atoms with Gasteiger partial charge in [-0.1, -0.05) is 6.92 Å². The van der Waals surface area contributed by atoms with Crippen LogP contribution in [0.15, 0.2) is 11.6 Å². The first-order chi connectivity index (χ1) is 24.7. The van der Waals surface area contributed by atoms with Crippen LogP contribution in [0.4, 0.5) is 0 Å². The smallest absolute Gasteiger partial charge is 0.331 e. The number of carbonyl (C=O) groups excluding carboxylic acids is 2. The lowest BCUT2D eigenvalue weighted by Gasteiger charge is -2.65. The van der Waals surface area contributed by atoms with Crippen molar-refractivity contribution in [2.75, 3.05) is 27.4 Å². The fourth-order valence-electron chi connectivity index (χ4n) is 11.6. The molecule has 0 spiro atoms. The second-order valence-corrected chi connectivity index (χ2v) is 16.7. The van der Waals surface area contributed by atoms with Crippen molar-refractivity contribution < 1.29 is 73.4 Å². The highest BCUT2D eigenvalue weighted by molar-refractivity contribution is 5.85. The predicted molar refractivity (Wildman–Crippen MR) is 177 cm³/mol. The average Bonchev–Trinajstić information content (AvgIpc) is 3.67. The molecular weight excluding hydrogens is 684 g/mol. The van der Waals surface area contributed by atoms with Gasteiger partial charge in [0, 0.05) is 32.1 Å². The predicted octanol–water partition coefficient (Wildman–Crippen LogP) is -0.118. The zero-order chi connectivity index (χ0) is 37.4. The Bertz CT molecular complexity index is 1380. The molecule has 294 valence electrons. The van der Waals surface area contributed by atoms with Crippen LogP contribution >= 0.6 is 0 Å². The van der Waals surface area contributed by atoms with Gasteiger partial charge in [-0.3, -0.25) is 0 Å². The fourth-order valence-corrected chi connectivity index (χ4v) is 11.6. The molecular formula is C37H56O15. The van der Waals surface area contributed by atoms with Crippen molar-refractivity contribution in [2.24, 2.45) is 28.6 Å². The lowest BCUT2D eigenvalue weighted by molar-refractivity contribution is -0.341. The Balaban J connectivity index is 1.03. The molecule has 7 aliphatic rings. The Kier molecular flexibility index (Phi) is 10.5. The molecule has 4 saturated carbocycles. The lowest BCUT2D eigenvalue weighted by atomic mass is 9.41. The van der Waals surface area contributed by atoms with E-state index in [-0.39, 0.29) is 49.8 Å². The number of fused-ring (bicyclic) bond motifs is 5. The van der Waals surface area contributed by atoms with Crippen molar-refractivity contribution in [1.82, 2.24) is 0 Å². The highest BCUT2D eigenvalue weighted by Crippen LogP contribution is 2.70. The van der Waals surface area contributed by atoms with Crippen molar-refractivity contribution in [3.8, 4) is 0 Å². The van der Waals surface area contributed by atoms with Crippen molar-refractivity contribution in [3.63, 3.8) is 0 Å². The number of hydrogen-bond acceptors (Lipinski definition) is 15. The zero-order valence-corrected chi connectivity index (χ0v) is 30.4. The molecule has 15 nitrogen and oxygen atoms in total. The molecule has 3 heterocycles. The summed E-state index contributed by atoms with van der Waals surface area (Å²) in [4.78, 5) is 25.1. The summed E-state index contributed by atoms with van der Waals surface area (Å²) in [6.45, 7) is 3.71. The molecule has 3 aliphatic heterocycles. The van der Waals surface area contributed by atoms with Gasteiger partial charge in [-0.25, -0.2) is 4.79 Å². The van der Waals surface area contributed by atoms with Crippen molar-refractivity contribution in [2.45, 2.75) is 150 Å². The molecule has 52 heavy (non-hydrogen) atoms. The number of carbonyl (C=O) groups is 2. The Morgan fingerprint density at radius 2 is 1.60 bits per heavy atom. The van der Waals surface area contributed by atoms with E-state index in [2.05, 4.69) is 6.92 Å². The molecule has 0 bridgehead atoms. The van der Waals surface area contributed by atoms with E-state index in [1.165, 1.54) is 14.2 Å². The van der Waals surface area contributed by atoms with Gasteiger partial charge in [-0.2, -0.15) is 0 Å². The third-order valence-corrected chi connectivity index (χ3v) is 14.6. The molecule has 18 atom stereocenters. The normalized spacial score (nSPS) is 53.3. The number of aliphatic hydroxyl groups excluding tert-OH is 4. The highest BCUT2D eigenvalue weighted by atomic mass is 16.7. The van der Waals surface area contributed by atoms with E-state index in [1.807, 2.05) is 0 Å². The maximum Gasteiger partial charge on any atom is 0.331 e. The van der Waals surface area contributed by atoms with E-state index in [9.17, 15) is 40.2 Å². The van der Waals surface area contributed by atoms with Crippen LogP contribution in [0.2, 0.25) is 0 Å². The van der Waals surface area contributed by atoms with Crippen LogP contribution in [-0.2, 0) is 42.7 Å².